The quantitative estimate of drug-likeness (QED) is 0.799. The molecule has 1 heterocycles. The maximum Gasteiger partial charge on any atom is 0.244 e. The predicted octanol–water partition coefficient (Wildman–Crippen LogP) is 2.16. The van der Waals surface area contributed by atoms with Crippen LogP contribution in [0.3, 0.4) is 0 Å². The number of halogens is 1. The van der Waals surface area contributed by atoms with E-state index < -0.39 is 10.0 Å². The zero-order valence-electron chi connectivity index (χ0n) is 11.6. The third-order valence-electron chi connectivity index (χ3n) is 2.99. The second kappa shape index (κ2) is 6.67. The molecule has 1 N–H and O–H groups in total. The van der Waals surface area contributed by atoms with E-state index in [1.165, 1.54) is 24.6 Å². The first-order valence-corrected chi connectivity index (χ1v) is 8.56. The molecule has 0 amide bonds. The molecule has 108 valence electrons. The van der Waals surface area contributed by atoms with Crippen molar-refractivity contribution in [3.8, 4) is 0 Å². The van der Waals surface area contributed by atoms with Crippen LogP contribution in [-0.4, -0.2) is 43.2 Å². The van der Waals surface area contributed by atoms with E-state index in [1.807, 2.05) is 0 Å². The molecule has 0 aromatic carbocycles. The molecule has 2 unspecified atom stereocenters. The van der Waals surface area contributed by atoms with Crippen LogP contribution >= 0.6 is 15.9 Å². The molecule has 1 aromatic rings. The molecule has 0 bridgehead atoms. The number of hydrogen-bond donors (Lipinski definition) is 1. The van der Waals surface area contributed by atoms with Gasteiger partial charge in [0.15, 0.2) is 0 Å². The van der Waals surface area contributed by atoms with E-state index in [2.05, 4.69) is 40.1 Å². The molecular weight excluding hydrogens is 330 g/mol. The van der Waals surface area contributed by atoms with Crippen LogP contribution in [0.5, 0.6) is 0 Å². The maximum atomic E-state index is 11.9. The topological polar surface area (TPSA) is 62.3 Å². The number of alkyl halides is 1. The highest BCUT2D eigenvalue weighted by Gasteiger charge is 2.18. The number of nitrogens with one attached hydrogen (secondary N) is 1. The number of hydrogen-bond acceptors (Lipinski definition) is 4. The molecule has 0 radical (unpaired) electrons. The minimum absolute atomic E-state index is 0.198. The van der Waals surface area contributed by atoms with Gasteiger partial charge in [0.1, 0.15) is 10.7 Å². The molecule has 0 fully saturated rings. The average Bonchev–Trinajstić information content (AvgIpc) is 2.38. The van der Waals surface area contributed by atoms with E-state index in [0.717, 1.165) is 5.33 Å². The van der Waals surface area contributed by atoms with Crippen LogP contribution in [0.2, 0.25) is 0 Å². The molecule has 0 saturated carbocycles. The number of sulfonamides is 1. The van der Waals surface area contributed by atoms with Crippen molar-refractivity contribution in [2.45, 2.75) is 24.8 Å². The lowest BCUT2D eigenvalue weighted by atomic mass is 10.1. The summed E-state index contributed by atoms with van der Waals surface area (Å²) < 4.78 is 24.9. The lowest BCUT2D eigenvalue weighted by molar-refractivity contribution is 0.520. The van der Waals surface area contributed by atoms with Gasteiger partial charge in [0.05, 0.1) is 0 Å². The van der Waals surface area contributed by atoms with Crippen molar-refractivity contribution in [2.24, 2.45) is 5.92 Å². The summed E-state index contributed by atoms with van der Waals surface area (Å²) in [5.41, 5.74) is 0. The van der Waals surface area contributed by atoms with Crippen LogP contribution in [0.1, 0.15) is 13.8 Å². The molecule has 1 rings (SSSR count). The Labute approximate surface area is 123 Å². The van der Waals surface area contributed by atoms with Gasteiger partial charge in [-0.2, -0.15) is 0 Å². The third kappa shape index (κ3) is 4.15. The van der Waals surface area contributed by atoms with Crippen molar-refractivity contribution in [1.82, 2.24) is 9.29 Å². The van der Waals surface area contributed by atoms with Gasteiger partial charge in [0.2, 0.25) is 10.0 Å². The normalized spacial score (nSPS) is 15.3. The van der Waals surface area contributed by atoms with E-state index in [9.17, 15) is 8.42 Å². The first-order chi connectivity index (χ1) is 8.78. The minimum Gasteiger partial charge on any atom is -0.367 e. The van der Waals surface area contributed by atoms with Crippen molar-refractivity contribution < 1.29 is 8.42 Å². The highest BCUT2D eigenvalue weighted by atomic mass is 79.9. The Morgan fingerprint density at radius 3 is 2.42 bits per heavy atom. The van der Waals surface area contributed by atoms with Crippen LogP contribution in [0.4, 0.5) is 5.82 Å². The molecule has 5 nitrogen and oxygen atoms in total. The Bertz CT molecular complexity index is 502. The lowest BCUT2D eigenvalue weighted by Crippen LogP contribution is -2.25. The fourth-order valence-electron chi connectivity index (χ4n) is 1.34. The highest BCUT2D eigenvalue weighted by molar-refractivity contribution is 9.09. The second-order valence-corrected chi connectivity index (χ2v) is 7.53. The minimum atomic E-state index is -3.41. The molecule has 0 aliphatic carbocycles. The Hall–Kier alpha value is -0.660. The number of aromatic nitrogens is 1. The van der Waals surface area contributed by atoms with Gasteiger partial charge in [0.25, 0.3) is 0 Å². The van der Waals surface area contributed by atoms with Crippen LogP contribution in [0.25, 0.3) is 0 Å². The number of pyridine rings is 1. The molecule has 0 spiro atoms. The third-order valence-corrected chi connectivity index (χ3v) is 5.81. The first kappa shape index (κ1) is 16.4. The number of rotatable bonds is 6. The first-order valence-electron chi connectivity index (χ1n) is 6.00. The van der Waals surface area contributed by atoms with E-state index in [1.54, 1.807) is 12.1 Å². The van der Waals surface area contributed by atoms with Gasteiger partial charge in [-0.05, 0) is 25.0 Å². The molecule has 2 atom stereocenters. The summed E-state index contributed by atoms with van der Waals surface area (Å²) in [5, 5.41) is 4.15. The maximum absolute atomic E-state index is 11.9. The highest BCUT2D eigenvalue weighted by Crippen LogP contribution is 2.16. The monoisotopic (exact) mass is 349 g/mol. The summed E-state index contributed by atoms with van der Waals surface area (Å²) in [7, 11) is -0.405. The summed E-state index contributed by atoms with van der Waals surface area (Å²) in [6.45, 7) is 4.19. The van der Waals surface area contributed by atoms with Gasteiger partial charge in [0, 0.05) is 31.7 Å². The zero-order chi connectivity index (χ0) is 14.6. The SMILES string of the molecule is CC(CBr)C(C)Nc1ccc(S(=O)(=O)N(C)C)cn1. The largest absolute Gasteiger partial charge is 0.367 e. The molecular formula is C12H20BrN3O2S. The van der Waals surface area contributed by atoms with Crippen LogP contribution < -0.4 is 5.32 Å². The van der Waals surface area contributed by atoms with Crippen molar-refractivity contribution in [3.63, 3.8) is 0 Å². The van der Waals surface area contributed by atoms with Crippen molar-refractivity contribution in [1.29, 1.82) is 0 Å². The molecule has 0 aliphatic heterocycles. The number of anilines is 1. The van der Waals surface area contributed by atoms with Crippen LogP contribution in [0.15, 0.2) is 23.2 Å². The summed E-state index contributed by atoms with van der Waals surface area (Å²) >= 11 is 3.44. The van der Waals surface area contributed by atoms with E-state index in [4.69, 9.17) is 0 Å². The molecule has 1 aromatic heterocycles. The van der Waals surface area contributed by atoms with E-state index in [0.29, 0.717) is 11.7 Å². The summed E-state index contributed by atoms with van der Waals surface area (Å²) in [6.07, 6.45) is 1.38. The fourth-order valence-corrected chi connectivity index (χ4v) is 2.75. The van der Waals surface area contributed by atoms with Gasteiger partial charge in [-0.1, -0.05) is 22.9 Å². The van der Waals surface area contributed by atoms with Crippen molar-refractivity contribution in [3.05, 3.63) is 18.3 Å². The second-order valence-electron chi connectivity index (χ2n) is 4.73. The Kier molecular flexibility index (Phi) is 5.76. The zero-order valence-corrected chi connectivity index (χ0v) is 14.0. The lowest BCUT2D eigenvalue weighted by Gasteiger charge is -2.20. The van der Waals surface area contributed by atoms with Crippen LogP contribution in [0, 0.1) is 5.92 Å². The molecule has 7 heteroatoms. The Morgan fingerprint density at radius 2 is 2.00 bits per heavy atom. The molecule has 0 saturated heterocycles. The van der Waals surface area contributed by atoms with Crippen molar-refractivity contribution in [2.75, 3.05) is 24.7 Å². The summed E-state index contributed by atoms with van der Waals surface area (Å²) in [6, 6.07) is 3.51. The standard InChI is InChI=1S/C12H20BrN3O2S/c1-9(7-13)10(2)15-12-6-5-11(8-14-12)19(17,18)16(3)4/h5-6,8-10H,7H2,1-4H3,(H,14,15). The van der Waals surface area contributed by atoms with Crippen molar-refractivity contribution >= 4 is 31.8 Å². The van der Waals surface area contributed by atoms with Gasteiger partial charge in [-0.25, -0.2) is 17.7 Å². The Morgan fingerprint density at radius 1 is 1.37 bits per heavy atom. The molecule has 19 heavy (non-hydrogen) atoms. The number of nitrogens with zero attached hydrogens (tertiary/aromatic N) is 2. The predicted molar refractivity (Wildman–Crippen MR) is 81.2 cm³/mol. The average molecular weight is 350 g/mol. The Balaban J connectivity index is 2.83. The smallest absolute Gasteiger partial charge is 0.244 e. The van der Waals surface area contributed by atoms with E-state index in [-0.39, 0.29) is 10.9 Å². The van der Waals surface area contributed by atoms with Gasteiger partial charge < -0.3 is 5.32 Å². The molecule has 0 aliphatic rings. The summed E-state index contributed by atoms with van der Waals surface area (Å²) in [4.78, 5) is 4.35. The summed E-state index contributed by atoms with van der Waals surface area (Å²) in [5.74, 6) is 1.13. The fraction of sp³-hybridized carbons (Fsp3) is 0.583. The van der Waals surface area contributed by atoms with Gasteiger partial charge in [-0.3, -0.25) is 0 Å². The van der Waals surface area contributed by atoms with E-state index >= 15 is 0 Å². The van der Waals surface area contributed by atoms with Gasteiger partial charge >= 0.3 is 0 Å². The van der Waals surface area contributed by atoms with Crippen LogP contribution in [-0.2, 0) is 10.0 Å². The van der Waals surface area contributed by atoms with Gasteiger partial charge in [-0.15, -0.1) is 0 Å².